The Balaban J connectivity index is 0.000000385. The molecule has 0 aliphatic rings. The highest BCUT2D eigenvalue weighted by molar-refractivity contribution is 6.50. The van der Waals surface area contributed by atoms with E-state index in [9.17, 15) is 26.0 Å². The highest BCUT2D eigenvalue weighted by Gasteiger charge is 2.22. The quantitative estimate of drug-likeness (QED) is 0.383. The summed E-state index contributed by atoms with van der Waals surface area (Å²) < 4.78 is 64.3. The van der Waals surface area contributed by atoms with Gasteiger partial charge in [-0.15, -0.1) is 0 Å². The molecule has 0 saturated carbocycles. The van der Waals surface area contributed by atoms with E-state index >= 15 is 0 Å². The van der Waals surface area contributed by atoms with Gasteiger partial charge in [0.15, 0.2) is 4.98 Å². The van der Waals surface area contributed by atoms with Crippen molar-refractivity contribution in [3.63, 3.8) is 0 Å². The molecule has 0 heterocycles. The lowest BCUT2D eigenvalue weighted by Gasteiger charge is -1.94. The first-order valence-corrected chi connectivity index (χ1v) is 3.84. The van der Waals surface area contributed by atoms with Crippen LogP contribution in [0, 0.1) is 24.0 Å². The Morgan fingerprint density at radius 3 is 1.88 bits per heavy atom. The van der Waals surface area contributed by atoms with E-state index < -0.39 is 24.6 Å². The summed E-state index contributed by atoms with van der Waals surface area (Å²) in [4.78, 5) is 2.48. The third-order valence-corrected chi connectivity index (χ3v) is 1.36. The molecule has 88 valence electrons. The van der Waals surface area contributed by atoms with Crippen LogP contribution in [0.5, 0.6) is 0 Å². The van der Waals surface area contributed by atoms with Crippen LogP contribution in [0.2, 0.25) is 0 Å². The van der Waals surface area contributed by atoms with E-state index in [4.69, 9.17) is 5.39 Å². The van der Waals surface area contributed by atoms with Crippen molar-refractivity contribution in [1.82, 2.24) is 0 Å². The summed E-state index contributed by atoms with van der Waals surface area (Å²) in [6, 6.07) is 2.33. The van der Waals surface area contributed by atoms with Crippen LogP contribution in [0.4, 0.5) is 31.7 Å². The summed E-state index contributed by atoms with van der Waals surface area (Å²) in [7, 11) is -6.00. The summed E-state index contributed by atoms with van der Waals surface area (Å²) in [5.41, 5.74) is -0.385. The number of aryl methyl sites for hydroxylation is 1. The molecule has 0 amide bonds. The zero-order valence-electron chi connectivity index (χ0n) is 7.89. The molecule has 0 N–H and O–H groups in total. The van der Waals surface area contributed by atoms with E-state index in [-0.39, 0.29) is 5.56 Å². The number of hydrogen-bond donors (Lipinski definition) is 0. The van der Waals surface area contributed by atoms with Gasteiger partial charge in [-0.25, -0.2) is 0 Å². The lowest BCUT2D eigenvalue weighted by atomic mass is 10.2. The Bertz CT molecular complexity index is 405. The Labute approximate surface area is 86.6 Å². The lowest BCUT2D eigenvalue weighted by molar-refractivity contribution is 0.368. The molecule has 0 bridgehead atoms. The van der Waals surface area contributed by atoms with Gasteiger partial charge >= 0.3 is 12.9 Å². The van der Waals surface area contributed by atoms with Crippen molar-refractivity contribution in [3.8, 4) is 0 Å². The number of rotatable bonds is 0. The number of benzene rings is 1. The molecule has 1 rings (SSSR count). The normalized spacial score (nSPS) is 10.1. The third kappa shape index (κ3) is 5.24. The number of nitrogens with zero attached hydrogens (tertiary/aromatic N) is 2. The average molecular weight is 242 g/mol. The van der Waals surface area contributed by atoms with Gasteiger partial charge in [-0.05, 0) is 18.6 Å². The first-order valence-electron chi connectivity index (χ1n) is 3.84. The van der Waals surface area contributed by atoms with Gasteiger partial charge in [-0.2, -0.15) is 8.78 Å². The fourth-order valence-electron chi connectivity index (χ4n) is 0.734. The minimum atomic E-state index is -6.00. The molecule has 0 fully saturated rings. The Hall–Kier alpha value is -1.72. The molecule has 0 aliphatic heterocycles. The second-order valence-corrected chi connectivity index (χ2v) is 2.62. The van der Waals surface area contributed by atoms with Crippen LogP contribution in [0.1, 0.15) is 5.56 Å². The van der Waals surface area contributed by atoms with Crippen molar-refractivity contribution in [2.45, 2.75) is 6.92 Å². The van der Waals surface area contributed by atoms with Crippen molar-refractivity contribution in [2.75, 3.05) is 0 Å². The highest BCUT2D eigenvalue weighted by Crippen LogP contribution is 2.23. The average Bonchev–Trinajstić information content (AvgIpc) is 2.10. The minimum Gasteiger partial charge on any atom is -0.418 e. The summed E-state index contributed by atoms with van der Waals surface area (Å²) >= 11 is 0. The van der Waals surface area contributed by atoms with Crippen LogP contribution < -0.4 is 0 Å². The molecule has 0 aliphatic carbocycles. The van der Waals surface area contributed by atoms with Gasteiger partial charge in [0.05, 0.1) is 0 Å². The predicted molar refractivity (Wildman–Crippen MR) is 46.0 cm³/mol. The van der Waals surface area contributed by atoms with Crippen molar-refractivity contribution in [2.24, 2.45) is 0 Å². The molecule has 0 spiro atoms. The molecule has 0 atom stereocenters. The Morgan fingerprint density at radius 2 is 1.56 bits per heavy atom. The van der Waals surface area contributed by atoms with Crippen LogP contribution in [0.15, 0.2) is 12.1 Å². The molecule has 2 nitrogen and oxygen atoms in total. The van der Waals surface area contributed by atoms with Gasteiger partial charge in [-0.1, -0.05) is 6.07 Å². The highest BCUT2D eigenvalue weighted by atomic mass is 19.5. The summed E-state index contributed by atoms with van der Waals surface area (Å²) in [5, 5.41) is 8.17. The topological polar surface area (TPSA) is 28.1 Å². The van der Waals surface area contributed by atoms with Crippen molar-refractivity contribution < 1.29 is 26.0 Å². The molecule has 9 heteroatoms. The summed E-state index contributed by atoms with van der Waals surface area (Å²) in [6.07, 6.45) is 0. The van der Waals surface area contributed by atoms with Crippen molar-refractivity contribution >= 4 is 12.9 Å². The summed E-state index contributed by atoms with van der Waals surface area (Å²) in [5.74, 6) is -1.69. The van der Waals surface area contributed by atoms with Gasteiger partial charge in [0.2, 0.25) is 17.0 Å². The van der Waals surface area contributed by atoms with Gasteiger partial charge in [-0.3, -0.25) is 0 Å². The molecule has 0 saturated heterocycles. The maximum atomic E-state index is 12.8. The fraction of sp³-hybridized carbons (Fsp3) is 0.143. The monoisotopic (exact) mass is 242 g/mol. The SMILES string of the molecule is Cc1ccc(F)c([N+]#N)c1F.F[B-](F)(F)F. The van der Waals surface area contributed by atoms with Crippen LogP contribution in [0.3, 0.4) is 0 Å². The van der Waals surface area contributed by atoms with E-state index in [1.165, 1.54) is 13.0 Å². The van der Waals surface area contributed by atoms with Crippen LogP contribution in [0.25, 0.3) is 4.98 Å². The van der Waals surface area contributed by atoms with Gasteiger partial charge in [0.1, 0.15) is 0 Å². The Kier molecular flexibility index (Phi) is 4.81. The maximum Gasteiger partial charge on any atom is 0.673 e. The van der Waals surface area contributed by atoms with Crippen molar-refractivity contribution in [3.05, 3.63) is 34.3 Å². The molecule has 0 unspecified atom stereocenters. The maximum absolute atomic E-state index is 12.8. The molecule has 0 radical (unpaired) electrons. The molecule has 1 aromatic rings. The Morgan fingerprint density at radius 1 is 1.12 bits per heavy atom. The van der Waals surface area contributed by atoms with E-state index in [0.29, 0.717) is 0 Å². The number of hydrogen-bond acceptors (Lipinski definition) is 1. The largest absolute Gasteiger partial charge is 0.673 e. The van der Waals surface area contributed by atoms with E-state index in [1.54, 1.807) is 0 Å². The van der Waals surface area contributed by atoms with E-state index in [1.807, 2.05) is 0 Å². The second-order valence-electron chi connectivity index (χ2n) is 2.62. The number of halogens is 6. The van der Waals surface area contributed by atoms with Crippen LogP contribution in [-0.4, -0.2) is 7.25 Å². The fourth-order valence-corrected chi connectivity index (χ4v) is 0.734. The van der Waals surface area contributed by atoms with Gasteiger partial charge in [0, 0.05) is 0 Å². The summed E-state index contributed by atoms with van der Waals surface area (Å²) in [6.45, 7) is 1.46. The second kappa shape index (κ2) is 5.39. The van der Waals surface area contributed by atoms with E-state index in [0.717, 1.165) is 6.07 Å². The smallest absolute Gasteiger partial charge is 0.418 e. The third-order valence-electron chi connectivity index (χ3n) is 1.36. The predicted octanol–water partition coefficient (Wildman–Crippen LogP) is 4.06. The van der Waals surface area contributed by atoms with Gasteiger partial charge < -0.3 is 17.3 Å². The molecule has 0 aromatic heterocycles. The lowest BCUT2D eigenvalue weighted by Crippen LogP contribution is -2.02. The first kappa shape index (κ1) is 14.3. The first-order chi connectivity index (χ1) is 7.16. The minimum absolute atomic E-state index is 0.249. The molecular formula is C7H5BF6N2. The molecule has 16 heavy (non-hydrogen) atoms. The molecular weight excluding hydrogens is 237 g/mol. The van der Waals surface area contributed by atoms with Crippen LogP contribution in [-0.2, 0) is 0 Å². The number of diazo groups is 1. The van der Waals surface area contributed by atoms with E-state index in [2.05, 4.69) is 4.98 Å². The zero-order chi connectivity index (χ0) is 12.9. The van der Waals surface area contributed by atoms with Gasteiger partial charge in [0.25, 0.3) is 0 Å². The van der Waals surface area contributed by atoms with Crippen molar-refractivity contribution in [1.29, 1.82) is 5.39 Å². The standard InChI is InChI=1S/C7H5F2N2.BF4/c1-4-2-3-5(8)7(11-10)6(4)9;2-1(3,4)5/h2-3H,1H3;/q+1;-1. The molecule has 1 aromatic carbocycles. The van der Waals surface area contributed by atoms with Crippen LogP contribution >= 0.6 is 0 Å². The zero-order valence-corrected chi connectivity index (χ0v) is 7.89.